The molecule has 1 amide bonds. The van der Waals surface area contributed by atoms with Gasteiger partial charge in [-0.3, -0.25) is 14.9 Å². The highest BCUT2D eigenvalue weighted by atomic mass is 16.5. The van der Waals surface area contributed by atoms with Crippen molar-refractivity contribution >= 4 is 29.7 Å². The Hall–Kier alpha value is -4.19. The zero-order valence-corrected chi connectivity index (χ0v) is 15.9. The van der Waals surface area contributed by atoms with Gasteiger partial charge in [-0.05, 0) is 40.5 Å². The molecule has 0 atom stereocenters. The fourth-order valence-electron chi connectivity index (χ4n) is 3.01. The van der Waals surface area contributed by atoms with Gasteiger partial charge >= 0.3 is 12.0 Å². The number of aliphatic carboxylic acids is 1. The number of amides is 1. The van der Waals surface area contributed by atoms with Crippen molar-refractivity contribution < 1.29 is 19.4 Å². The maximum absolute atomic E-state index is 12.2. The maximum atomic E-state index is 12.2. The van der Waals surface area contributed by atoms with Crippen LogP contribution in [0.5, 0.6) is 0 Å². The summed E-state index contributed by atoms with van der Waals surface area (Å²) in [7, 11) is 0. The summed E-state index contributed by atoms with van der Waals surface area (Å²) in [4.78, 5) is 27.2. The number of nitrogens with one attached hydrogen (secondary N) is 1. The minimum absolute atomic E-state index is 0.0555. The Balaban J connectivity index is 1.47. The molecule has 6 heteroatoms. The Kier molecular flexibility index (Phi) is 5.39. The summed E-state index contributed by atoms with van der Waals surface area (Å²) in [5, 5.41) is 11.4. The molecule has 3 aromatic carbocycles. The Morgan fingerprint density at radius 2 is 1.60 bits per heavy atom. The molecular weight excluding hydrogens is 380 g/mol. The number of amidine groups is 1. The molecule has 3 aromatic rings. The van der Waals surface area contributed by atoms with Crippen molar-refractivity contribution in [2.45, 2.75) is 6.42 Å². The first-order valence-electron chi connectivity index (χ1n) is 9.33. The van der Waals surface area contributed by atoms with Crippen LogP contribution in [0.3, 0.4) is 0 Å². The minimum Gasteiger partial charge on any atom is -0.481 e. The van der Waals surface area contributed by atoms with Crippen molar-refractivity contribution in [1.82, 2.24) is 5.32 Å². The van der Waals surface area contributed by atoms with E-state index in [-0.39, 0.29) is 24.1 Å². The van der Waals surface area contributed by atoms with Crippen molar-refractivity contribution in [3.05, 3.63) is 95.7 Å². The van der Waals surface area contributed by atoms with Crippen LogP contribution >= 0.6 is 0 Å². The Morgan fingerprint density at radius 3 is 2.27 bits per heavy atom. The van der Waals surface area contributed by atoms with Gasteiger partial charge in [-0.15, -0.1) is 0 Å². The fourth-order valence-corrected chi connectivity index (χ4v) is 3.01. The van der Waals surface area contributed by atoms with E-state index in [1.807, 2.05) is 54.6 Å². The number of carbonyl (C=O) groups is 2. The van der Waals surface area contributed by atoms with Gasteiger partial charge < -0.3 is 9.84 Å². The van der Waals surface area contributed by atoms with E-state index in [9.17, 15) is 9.59 Å². The second-order valence-electron chi connectivity index (χ2n) is 6.71. The number of carboxylic acid groups (broad SMARTS) is 1. The molecule has 1 saturated heterocycles. The first-order valence-corrected chi connectivity index (χ1v) is 9.33. The number of hydrogen-bond donors (Lipinski definition) is 2. The minimum atomic E-state index is -0.896. The Labute approximate surface area is 173 Å². The molecule has 4 rings (SSSR count). The molecule has 0 unspecified atom stereocenters. The molecule has 0 aliphatic carbocycles. The van der Waals surface area contributed by atoms with E-state index < -0.39 is 5.97 Å². The summed E-state index contributed by atoms with van der Waals surface area (Å²) in [6.45, 7) is 0. The predicted octanol–water partition coefficient (Wildman–Crippen LogP) is 4.16. The predicted molar refractivity (Wildman–Crippen MR) is 114 cm³/mol. The van der Waals surface area contributed by atoms with Crippen LogP contribution in [0.4, 0.5) is 5.69 Å². The van der Waals surface area contributed by atoms with Crippen LogP contribution in [-0.4, -0.2) is 23.0 Å². The number of carboxylic acids is 1. The summed E-state index contributed by atoms with van der Waals surface area (Å²) >= 11 is 0. The van der Waals surface area contributed by atoms with E-state index in [2.05, 4.69) is 10.3 Å². The average molecular weight is 398 g/mol. The second-order valence-corrected chi connectivity index (χ2v) is 6.71. The molecule has 0 spiro atoms. The molecule has 0 saturated carbocycles. The second kappa shape index (κ2) is 8.45. The number of rotatable bonds is 5. The lowest BCUT2D eigenvalue weighted by Crippen LogP contribution is -2.20. The van der Waals surface area contributed by atoms with Crippen LogP contribution < -0.4 is 5.32 Å². The van der Waals surface area contributed by atoms with Gasteiger partial charge in [-0.2, -0.15) is 4.99 Å². The van der Waals surface area contributed by atoms with Crippen LogP contribution in [0.15, 0.2) is 89.6 Å². The first kappa shape index (κ1) is 19.1. The summed E-state index contributed by atoms with van der Waals surface area (Å²) in [6, 6.07) is 24.6. The highest BCUT2D eigenvalue weighted by molar-refractivity contribution is 6.11. The van der Waals surface area contributed by atoms with Crippen LogP contribution in [-0.2, 0) is 20.7 Å². The van der Waals surface area contributed by atoms with Crippen LogP contribution in [0.1, 0.15) is 11.1 Å². The lowest BCUT2D eigenvalue weighted by Gasteiger charge is -2.02. The molecule has 0 radical (unpaired) electrons. The van der Waals surface area contributed by atoms with Crippen LogP contribution in [0, 0.1) is 0 Å². The van der Waals surface area contributed by atoms with Gasteiger partial charge in [-0.1, -0.05) is 66.7 Å². The van der Waals surface area contributed by atoms with Crippen molar-refractivity contribution in [3.63, 3.8) is 0 Å². The van der Waals surface area contributed by atoms with Crippen molar-refractivity contribution in [1.29, 1.82) is 0 Å². The lowest BCUT2D eigenvalue weighted by molar-refractivity contribution is -0.136. The van der Waals surface area contributed by atoms with Gasteiger partial charge in [0.1, 0.15) is 0 Å². The van der Waals surface area contributed by atoms with Crippen LogP contribution in [0.2, 0.25) is 0 Å². The van der Waals surface area contributed by atoms with Gasteiger partial charge in [0.05, 0.1) is 12.1 Å². The normalized spacial score (nSPS) is 15.8. The van der Waals surface area contributed by atoms with Crippen molar-refractivity contribution in [3.8, 4) is 11.1 Å². The number of aliphatic imine (C=N–C) groups is 1. The zero-order valence-electron chi connectivity index (χ0n) is 15.9. The number of benzene rings is 3. The standard InChI is InChI=1S/C24H18N2O4/c27-22(28)15-17-8-12-20(13-9-17)25-24-26-23(29)21(30-24)14-16-6-10-19(11-7-16)18-4-2-1-3-5-18/h1-14H,15H2,(H,27,28)(H,25,26,29)/b21-14-. The van der Waals surface area contributed by atoms with Gasteiger partial charge in [0, 0.05) is 0 Å². The maximum Gasteiger partial charge on any atom is 0.307 e. The van der Waals surface area contributed by atoms with Gasteiger partial charge in [0.15, 0.2) is 5.76 Å². The largest absolute Gasteiger partial charge is 0.481 e. The Morgan fingerprint density at radius 1 is 0.933 bits per heavy atom. The molecule has 30 heavy (non-hydrogen) atoms. The molecular formula is C24H18N2O4. The summed E-state index contributed by atoms with van der Waals surface area (Å²) < 4.78 is 5.55. The lowest BCUT2D eigenvalue weighted by atomic mass is 10.0. The van der Waals surface area contributed by atoms with Crippen molar-refractivity contribution in [2.24, 2.45) is 4.99 Å². The molecule has 0 bridgehead atoms. The molecule has 1 heterocycles. The number of ether oxygens (including phenoxy) is 1. The third-order valence-electron chi connectivity index (χ3n) is 4.49. The monoisotopic (exact) mass is 398 g/mol. The number of nitrogens with zero attached hydrogens (tertiary/aromatic N) is 1. The average Bonchev–Trinajstić information content (AvgIpc) is 3.09. The third kappa shape index (κ3) is 4.62. The third-order valence-corrected chi connectivity index (χ3v) is 4.49. The highest BCUT2D eigenvalue weighted by Gasteiger charge is 2.24. The van der Waals surface area contributed by atoms with E-state index in [1.54, 1.807) is 30.3 Å². The summed E-state index contributed by atoms with van der Waals surface area (Å²) in [6.07, 6.45) is 1.60. The first-order chi connectivity index (χ1) is 14.6. The van der Waals surface area contributed by atoms with E-state index in [4.69, 9.17) is 9.84 Å². The fraction of sp³-hybridized carbons (Fsp3) is 0.0417. The number of hydrogen-bond acceptors (Lipinski definition) is 4. The molecule has 6 nitrogen and oxygen atoms in total. The summed E-state index contributed by atoms with van der Waals surface area (Å²) in [5.41, 5.74) is 4.26. The summed E-state index contributed by atoms with van der Waals surface area (Å²) in [5.74, 6) is -1.11. The zero-order chi connectivity index (χ0) is 20.9. The van der Waals surface area contributed by atoms with Gasteiger partial charge in [0.25, 0.3) is 5.91 Å². The SMILES string of the molecule is O=C(O)Cc1ccc(N=C2NC(=O)/C(=C/c3ccc(-c4ccccc4)cc3)O2)cc1. The van der Waals surface area contributed by atoms with E-state index >= 15 is 0 Å². The Bertz CT molecular complexity index is 1130. The smallest absolute Gasteiger partial charge is 0.307 e. The quantitative estimate of drug-likeness (QED) is 0.632. The van der Waals surface area contributed by atoms with Crippen molar-refractivity contribution in [2.75, 3.05) is 0 Å². The molecule has 1 aliphatic heterocycles. The van der Waals surface area contributed by atoms with Gasteiger partial charge in [0.2, 0.25) is 0 Å². The van der Waals surface area contributed by atoms with E-state index in [0.29, 0.717) is 11.3 Å². The molecule has 148 valence electrons. The topological polar surface area (TPSA) is 88.0 Å². The molecule has 1 aliphatic rings. The van der Waals surface area contributed by atoms with Gasteiger partial charge in [-0.25, -0.2) is 0 Å². The van der Waals surface area contributed by atoms with Crippen LogP contribution in [0.25, 0.3) is 17.2 Å². The van der Waals surface area contributed by atoms with E-state index in [1.165, 1.54) is 0 Å². The van der Waals surface area contributed by atoms with E-state index in [0.717, 1.165) is 16.7 Å². The molecule has 0 aromatic heterocycles. The molecule has 1 fully saturated rings. The highest BCUT2D eigenvalue weighted by Crippen LogP contribution is 2.22. The number of carbonyl (C=O) groups excluding carboxylic acids is 1. The molecule has 2 N–H and O–H groups in total.